The van der Waals surface area contributed by atoms with Gasteiger partial charge in [-0.05, 0) is 57.6 Å². The quantitative estimate of drug-likeness (QED) is 0.360. The Morgan fingerprint density at radius 2 is 1.55 bits per heavy atom. The van der Waals surface area contributed by atoms with Crippen molar-refractivity contribution in [1.82, 2.24) is 5.32 Å². The molecule has 4 heteroatoms. The molecule has 0 unspecified atom stereocenters. The van der Waals surface area contributed by atoms with Crippen molar-refractivity contribution in [2.75, 3.05) is 0 Å². The van der Waals surface area contributed by atoms with Gasteiger partial charge in [-0.1, -0.05) is 63.3 Å². The minimum absolute atomic E-state index is 0.0282. The second-order valence-corrected chi connectivity index (χ2v) is 9.56. The van der Waals surface area contributed by atoms with Crippen LogP contribution in [-0.2, 0) is 27.3 Å². The van der Waals surface area contributed by atoms with E-state index in [2.05, 4.69) is 36.5 Å². The van der Waals surface area contributed by atoms with E-state index in [1.807, 2.05) is 20.8 Å². The average Bonchev–Trinajstić information content (AvgIpc) is 3.42. The van der Waals surface area contributed by atoms with Gasteiger partial charge in [0.1, 0.15) is 5.60 Å². The Hall–Kier alpha value is -1.84. The van der Waals surface area contributed by atoms with E-state index in [1.165, 1.54) is 44.1 Å². The van der Waals surface area contributed by atoms with E-state index in [4.69, 9.17) is 4.74 Å². The molecule has 1 N–H and O–H groups in total. The molecule has 0 spiro atoms. The number of carbonyl (C=O) groups excluding carboxylic acids is 2. The van der Waals surface area contributed by atoms with E-state index in [-0.39, 0.29) is 18.3 Å². The molecular formula is C25H39NO3. The molecule has 0 radical (unpaired) electrons. The van der Waals surface area contributed by atoms with E-state index < -0.39 is 11.0 Å². The molecule has 1 aliphatic rings. The Labute approximate surface area is 176 Å². The van der Waals surface area contributed by atoms with Crippen LogP contribution in [0.2, 0.25) is 0 Å². The molecule has 0 aromatic heterocycles. The minimum Gasteiger partial charge on any atom is -0.460 e. The van der Waals surface area contributed by atoms with Gasteiger partial charge in [-0.3, -0.25) is 9.59 Å². The summed E-state index contributed by atoms with van der Waals surface area (Å²) in [4.78, 5) is 24.7. The Morgan fingerprint density at radius 3 is 2.14 bits per heavy atom. The number of unbranched alkanes of at least 4 members (excludes halogenated alkanes) is 5. The number of hydrogen-bond donors (Lipinski definition) is 1. The number of nitrogens with one attached hydrogen (secondary N) is 1. The third kappa shape index (κ3) is 8.59. The summed E-state index contributed by atoms with van der Waals surface area (Å²) in [6, 6.07) is 8.53. The molecule has 0 heterocycles. The summed E-state index contributed by atoms with van der Waals surface area (Å²) < 4.78 is 5.38. The summed E-state index contributed by atoms with van der Waals surface area (Å²) in [5.74, 6) is -0.316. The topological polar surface area (TPSA) is 55.4 Å². The first-order valence-electron chi connectivity index (χ1n) is 11.3. The van der Waals surface area contributed by atoms with Crippen molar-refractivity contribution in [3.63, 3.8) is 0 Å². The fourth-order valence-electron chi connectivity index (χ4n) is 3.59. The molecule has 29 heavy (non-hydrogen) atoms. The van der Waals surface area contributed by atoms with Crippen molar-refractivity contribution in [3.05, 3.63) is 35.4 Å². The maximum Gasteiger partial charge on any atom is 0.307 e. The smallest absolute Gasteiger partial charge is 0.307 e. The van der Waals surface area contributed by atoms with Gasteiger partial charge < -0.3 is 10.1 Å². The molecule has 0 aliphatic heterocycles. The van der Waals surface area contributed by atoms with Crippen molar-refractivity contribution in [2.24, 2.45) is 5.41 Å². The Balaban J connectivity index is 1.71. The van der Waals surface area contributed by atoms with Gasteiger partial charge in [0.25, 0.3) is 0 Å². The second-order valence-electron chi connectivity index (χ2n) is 9.56. The van der Waals surface area contributed by atoms with Gasteiger partial charge in [0.05, 0.1) is 11.8 Å². The standard InChI is InChI=1S/C25H39NO3/c1-5-6-7-8-9-10-11-20-12-14-21(15-13-20)19-26-23(28)25(16-17-25)18-22(27)29-24(2,3)4/h12-15H,5-11,16-19H2,1-4H3,(H,26,28). The van der Waals surface area contributed by atoms with Gasteiger partial charge in [0, 0.05) is 6.54 Å². The summed E-state index contributed by atoms with van der Waals surface area (Å²) >= 11 is 0. The average molecular weight is 402 g/mol. The summed E-state index contributed by atoms with van der Waals surface area (Å²) in [6.45, 7) is 8.30. The molecule has 0 saturated heterocycles. The lowest BCUT2D eigenvalue weighted by atomic mass is 10.0. The highest BCUT2D eigenvalue weighted by Gasteiger charge is 2.51. The highest BCUT2D eigenvalue weighted by Crippen LogP contribution is 2.49. The zero-order valence-corrected chi connectivity index (χ0v) is 18.8. The molecule has 0 bridgehead atoms. The summed E-state index contributed by atoms with van der Waals surface area (Å²) in [6.07, 6.45) is 10.7. The number of esters is 1. The number of hydrogen-bond acceptors (Lipinski definition) is 3. The Bertz CT molecular complexity index is 654. The molecule has 162 valence electrons. The molecule has 1 aromatic carbocycles. The van der Waals surface area contributed by atoms with Gasteiger partial charge >= 0.3 is 5.97 Å². The zero-order chi connectivity index (χ0) is 21.3. The lowest BCUT2D eigenvalue weighted by Gasteiger charge is -2.21. The molecule has 4 nitrogen and oxygen atoms in total. The van der Waals surface area contributed by atoms with E-state index in [0.717, 1.165) is 24.8 Å². The first-order valence-corrected chi connectivity index (χ1v) is 11.3. The molecule has 1 saturated carbocycles. The van der Waals surface area contributed by atoms with Gasteiger partial charge in [0.15, 0.2) is 0 Å². The number of aryl methyl sites for hydroxylation is 1. The molecular weight excluding hydrogens is 362 g/mol. The van der Waals surface area contributed by atoms with Crippen LogP contribution < -0.4 is 5.32 Å². The minimum atomic E-state index is -0.556. The molecule has 1 aliphatic carbocycles. The van der Waals surface area contributed by atoms with Crippen LogP contribution in [0.5, 0.6) is 0 Å². The largest absolute Gasteiger partial charge is 0.460 e. The molecule has 2 rings (SSSR count). The second kappa shape index (κ2) is 10.8. The van der Waals surface area contributed by atoms with Gasteiger partial charge in [0.2, 0.25) is 5.91 Å². The zero-order valence-electron chi connectivity index (χ0n) is 18.8. The molecule has 1 fully saturated rings. The normalized spacial score (nSPS) is 15.0. The van der Waals surface area contributed by atoms with Crippen molar-refractivity contribution in [3.8, 4) is 0 Å². The highest BCUT2D eigenvalue weighted by atomic mass is 16.6. The first-order chi connectivity index (χ1) is 13.7. The predicted octanol–water partition coefficient (Wildman–Crippen LogP) is 5.72. The van der Waals surface area contributed by atoms with Crippen LogP contribution >= 0.6 is 0 Å². The lowest BCUT2D eigenvalue weighted by molar-refractivity contribution is -0.158. The number of ether oxygens (including phenoxy) is 1. The fraction of sp³-hybridized carbons (Fsp3) is 0.680. The summed E-state index contributed by atoms with van der Waals surface area (Å²) in [5.41, 5.74) is 1.39. The van der Waals surface area contributed by atoms with Crippen molar-refractivity contribution < 1.29 is 14.3 Å². The molecule has 1 aromatic rings. The van der Waals surface area contributed by atoms with Crippen molar-refractivity contribution in [1.29, 1.82) is 0 Å². The van der Waals surface area contributed by atoms with E-state index in [1.54, 1.807) is 0 Å². The number of benzene rings is 1. The van der Waals surface area contributed by atoms with Gasteiger partial charge in [-0.15, -0.1) is 0 Å². The fourth-order valence-corrected chi connectivity index (χ4v) is 3.59. The summed E-state index contributed by atoms with van der Waals surface area (Å²) in [5, 5.41) is 3.01. The molecule has 0 atom stereocenters. The van der Waals surface area contributed by atoms with E-state index in [0.29, 0.717) is 6.54 Å². The van der Waals surface area contributed by atoms with Crippen LogP contribution in [0.4, 0.5) is 0 Å². The van der Waals surface area contributed by atoms with Gasteiger partial charge in [-0.25, -0.2) is 0 Å². The Morgan fingerprint density at radius 1 is 0.966 bits per heavy atom. The monoisotopic (exact) mass is 401 g/mol. The van der Waals surface area contributed by atoms with Gasteiger partial charge in [-0.2, -0.15) is 0 Å². The van der Waals surface area contributed by atoms with Crippen LogP contribution in [0.1, 0.15) is 96.6 Å². The van der Waals surface area contributed by atoms with Crippen LogP contribution in [0.3, 0.4) is 0 Å². The lowest BCUT2D eigenvalue weighted by Crippen LogP contribution is -2.34. The maximum atomic E-state index is 12.6. The SMILES string of the molecule is CCCCCCCCc1ccc(CNC(=O)C2(CC(=O)OC(C)(C)C)CC2)cc1. The Kier molecular flexibility index (Phi) is 8.73. The highest BCUT2D eigenvalue weighted by molar-refractivity contribution is 5.89. The third-order valence-corrected chi connectivity index (χ3v) is 5.53. The molecule has 1 amide bonds. The van der Waals surface area contributed by atoms with E-state index in [9.17, 15) is 9.59 Å². The van der Waals surface area contributed by atoms with Crippen LogP contribution in [-0.4, -0.2) is 17.5 Å². The number of amides is 1. The van der Waals surface area contributed by atoms with Crippen LogP contribution in [0.15, 0.2) is 24.3 Å². The third-order valence-electron chi connectivity index (χ3n) is 5.53. The maximum absolute atomic E-state index is 12.6. The van der Waals surface area contributed by atoms with Crippen LogP contribution in [0, 0.1) is 5.41 Å². The van der Waals surface area contributed by atoms with Crippen molar-refractivity contribution >= 4 is 11.9 Å². The van der Waals surface area contributed by atoms with E-state index >= 15 is 0 Å². The number of carbonyl (C=O) groups is 2. The number of rotatable bonds is 12. The van der Waals surface area contributed by atoms with Crippen molar-refractivity contribution in [2.45, 2.75) is 104 Å². The summed E-state index contributed by atoms with van der Waals surface area (Å²) in [7, 11) is 0. The predicted molar refractivity (Wildman–Crippen MR) is 117 cm³/mol. The first kappa shape index (κ1) is 23.4. The van der Waals surface area contributed by atoms with Crippen LogP contribution in [0.25, 0.3) is 0 Å².